The Balaban J connectivity index is 1.55. The normalized spacial score (nSPS) is 25.3. The fourth-order valence-corrected chi connectivity index (χ4v) is 4.74. The van der Waals surface area contributed by atoms with Gasteiger partial charge in [0.05, 0.1) is 25.3 Å². The van der Waals surface area contributed by atoms with Crippen molar-refractivity contribution in [1.82, 2.24) is 4.90 Å². The second-order valence-electron chi connectivity index (χ2n) is 7.57. The van der Waals surface area contributed by atoms with E-state index in [4.69, 9.17) is 21.1 Å². The van der Waals surface area contributed by atoms with Crippen LogP contribution in [0.25, 0.3) is 0 Å². The van der Waals surface area contributed by atoms with Crippen molar-refractivity contribution in [2.75, 3.05) is 38.8 Å². The van der Waals surface area contributed by atoms with Gasteiger partial charge in [0.2, 0.25) is 0 Å². The molecule has 2 aliphatic rings. The molecule has 2 fully saturated rings. The van der Waals surface area contributed by atoms with E-state index >= 15 is 0 Å². The fourth-order valence-electron chi connectivity index (χ4n) is 4.55. The lowest BCUT2D eigenvalue weighted by Gasteiger charge is -2.50. The van der Waals surface area contributed by atoms with Gasteiger partial charge in [-0.1, -0.05) is 23.7 Å². The average Bonchev–Trinajstić information content (AvgIpc) is 2.73. The average molecular weight is 403 g/mol. The second kappa shape index (κ2) is 8.19. The van der Waals surface area contributed by atoms with Crippen molar-refractivity contribution >= 4 is 17.3 Å². The van der Waals surface area contributed by atoms with Crippen molar-refractivity contribution in [2.45, 2.75) is 31.0 Å². The summed E-state index contributed by atoms with van der Waals surface area (Å²) in [5, 5.41) is 11.2. The molecule has 0 aliphatic carbocycles. The topological polar surface area (TPSA) is 45.2 Å². The first kappa shape index (κ1) is 19.4. The van der Waals surface area contributed by atoms with Crippen molar-refractivity contribution < 1.29 is 14.6 Å². The van der Waals surface area contributed by atoms with E-state index in [-0.39, 0.29) is 12.1 Å². The summed E-state index contributed by atoms with van der Waals surface area (Å²) in [6.07, 6.45) is 1.26. The van der Waals surface area contributed by atoms with Crippen LogP contribution in [-0.2, 0) is 0 Å². The molecule has 3 unspecified atom stereocenters. The van der Waals surface area contributed by atoms with E-state index < -0.39 is 0 Å². The lowest BCUT2D eigenvalue weighted by molar-refractivity contribution is -0.00605. The number of halogens is 1. The highest BCUT2D eigenvalue weighted by atomic mass is 35.5. The van der Waals surface area contributed by atoms with Crippen molar-refractivity contribution in [3.05, 3.63) is 53.1 Å². The maximum absolute atomic E-state index is 10.6. The first-order chi connectivity index (χ1) is 13.6. The van der Waals surface area contributed by atoms with Crippen molar-refractivity contribution in [3.8, 4) is 11.5 Å². The molecule has 0 amide bonds. The van der Waals surface area contributed by atoms with Crippen LogP contribution in [0.1, 0.15) is 24.4 Å². The minimum Gasteiger partial charge on any atom is -0.497 e. The van der Waals surface area contributed by atoms with E-state index in [1.807, 2.05) is 30.3 Å². The van der Waals surface area contributed by atoms with E-state index in [1.165, 1.54) is 5.56 Å². The number of nitrogens with zero attached hydrogens (tertiary/aromatic N) is 2. The number of benzene rings is 2. The summed E-state index contributed by atoms with van der Waals surface area (Å²) in [6.45, 7) is 2.75. The van der Waals surface area contributed by atoms with Crippen LogP contribution in [0.4, 0.5) is 5.69 Å². The highest BCUT2D eigenvalue weighted by Gasteiger charge is 2.39. The molecule has 2 heterocycles. The quantitative estimate of drug-likeness (QED) is 0.843. The molecular weight excluding hydrogens is 376 g/mol. The molecule has 2 aromatic rings. The summed E-state index contributed by atoms with van der Waals surface area (Å²) in [5.74, 6) is 1.56. The Morgan fingerprint density at radius 3 is 2.68 bits per heavy atom. The summed E-state index contributed by atoms with van der Waals surface area (Å²) in [6, 6.07) is 14.7. The van der Waals surface area contributed by atoms with Crippen molar-refractivity contribution in [2.24, 2.45) is 0 Å². The van der Waals surface area contributed by atoms with E-state index in [0.29, 0.717) is 16.8 Å². The van der Waals surface area contributed by atoms with Crippen molar-refractivity contribution in [1.29, 1.82) is 0 Å². The molecule has 0 radical (unpaired) electrons. The summed E-state index contributed by atoms with van der Waals surface area (Å²) in [5.41, 5.74) is 2.32. The molecule has 6 heteroatoms. The van der Waals surface area contributed by atoms with Gasteiger partial charge in [-0.25, -0.2) is 0 Å². The Kier molecular flexibility index (Phi) is 5.67. The summed E-state index contributed by atoms with van der Waals surface area (Å²) in [4.78, 5) is 4.91. The van der Waals surface area contributed by atoms with E-state index in [2.05, 4.69) is 21.9 Å². The van der Waals surface area contributed by atoms with Crippen LogP contribution in [-0.4, -0.2) is 56.0 Å². The lowest BCUT2D eigenvalue weighted by atomic mass is 9.87. The van der Waals surface area contributed by atoms with Gasteiger partial charge in [-0.2, -0.15) is 0 Å². The molecule has 5 nitrogen and oxygen atoms in total. The Morgan fingerprint density at radius 2 is 1.89 bits per heavy atom. The van der Waals surface area contributed by atoms with Gasteiger partial charge in [0.1, 0.15) is 11.5 Å². The van der Waals surface area contributed by atoms with Gasteiger partial charge in [-0.05, 0) is 42.7 Å². The van der Waals surface area contributed by atoms with Gasteiger partial charge in [-0.3, -0.25) is 4.90 Å². The third-order valence-electron chi connectivity index (χ3n) is 5.95. The molecule has 28 heavy (non-hydrogen) atoms. The van der Waals surface area contributed by atoms with E-state index in [0.717, 1.165) is 43.9 Å². The van der Waals surface area contributed by atoms with Crippen LogP contribution in [0.2, 0.25) is 5.02 Å². The molecule has 2 aliphatic heterocycles. The number of aliphatic hydroxyl groups is 1. The third kappa shape index (κ3) is 3.79. The first-order valence-electron chi connectivity index (χ1n) is 9.75. The molecule has 0 aromatic heterocycles. The molecule has 0 spiro atoms. The van der Waals surface area contributed by atoms with Crippen LogP contribution in [0.15, 0.2) is 42.5 Å². The maximum atomic E-state index is 10.6. The predicted molar refractivity (Wildman–Crippen MR) is 112 cm³/mol. The predicted octanol–water partition coefficient (Wildman–Crippen LogP) is 3.74. The molecule has 4 rings (SSSR count). The molecule has 0 bridgehead atoms. The smallest absolute Gasteiger partial charge is 0.139 e. The minimum absolute atomic E-state index is 0.214. The van der Waals surface area contributed by atoms with Gasteiger partial charge < -0.3 is 19.5 Å². The second-order valence-corrected chi connectivity index (χ2v) is 7.98. The number of piperidine rings is 1. The number of methoxy groups -OCH3 is 2. The van der Waals surface area contributed by atoms with Crippen LogP contribution in [0, 0.1) is 0 Å². The number of rotatable bonds is 4. The maximum Gasteiger partial charge on any atom is 0.139 e. The van der Waals surface area contributed by atoms with Gasteiger partial charge in [0.25, 0.3) is 0 Å². The molecule has 150 valence electrons. The summed E-state index contributed by atoms with van der Waals surface area (Å²) >= 11 is 6.18. The van der Waals surface area contributed by atoms with Gasteiger partial charge in [0.15, 0.2) is 0 Å². The first-order valence-corrected chi connectivity index (χ1v) is 10.1. The number of hydrogen-bond acceptors (Lipinski definition) is 5. The van der Waals surface area contributed by atoms with Crippen LogP contribution in [0.3, 0.4) is 0 Å². The summed E-state index contributed by atoms with van der Waals surface area (Å²) < 4.78 is 10.8. The van der Waals surface area contributed by atoms with Crippen molar-refractivity contribution in [3.63, 3.8) is 0 Å². The molecular formula is C22H27ClN2O3. The Morgan fingerprint density at radius 1 is 1.04 bits per heavy atom. The molecule has 0 saturated carbocycles. The SMILES string of the molecule is COc1cccc(C2CC(O)CC3CN(c4ccc(Cl)c(OC)c4)CCN32)c1. The Bertz CT molecular complexity index is 831. The largest absolute Gasteiger partial charge is 0.497 e. The number of hydrogen-bond donors (Lipinski definition) is 1. The molecule has 1 N–H and O–H groups in total. The number of ether oxygens (including phenoxy) is 2. The Hall–Kier alpha value is -1.95. The molecule has 2 saturated heterocycles. The molecule has 3 atom stereocenters. The monoisotopic (exact) mass is 402 g/mol. The Labute approximate surface area is 171 Å². The highest BCUT2D eigenvalue weighted by molar-refractivity contribution is 6.32. The van der Waals surface area contributed by atoms with Gasteiger partial charge in [0, 0.05) is 43.5 Å². The van der Waals surface area contributed by atoms with Gasteiger partial charge >= 0.3 is 0 Å². The van der Waals surface area contributed by atoms with Crippen LogP contribution < -0.4 is 14.4 Å². The number of aliphatic hydroxyl groups excluding tert-OH is 1. The fraction of sp³-hybridized carbons (Fsp3) is 0.455. The number of anilines is 1. The molecule has 2 aromatic carbocycles. The standard InChI is InChI=1S/C22H27ClN2O3/c1-27-19-5-3-4-15(10-19)21-13-18(26)11-17-14-24(8-9-25(17)21)16-6-7-20(23)22(12-16)28-2/h3-7,10,12,17-18,21,26H,8-9,11,13-14H2,1-2H3. The van der Waals surface area contributed by atoms with E-state index in [1.54, 1.807) is 14.2 Å². The zero-order valence-electron chi connectivity index (χ0n) is 16.3. The third-order valence-corrected chi connectivity index (χ3v) is 6.26. The zero-order valence-corrected chi connectivity index (χ0v) is 17.1. The van der Waals surface area contributed by atoms with Crippen LogP contribution in [0.5, 0.6) is 11.5 Å². The number of fused-ring (bicyclic) bond motifs is 1. The minimum atomic E-state index is -0.294. The van der Waals surface area contributed by atoms with E-state index in [9.17, 15) is 5.11 Å². The zero-order chi connectivity index (χ0) is 19.7. The highest BCUT2D eigenvalue weighted by Crippen LogP contribution is 2.39. The number of piperazine rings is 1. The lowest BCUT2D eigenvalue weighted by Crippen LogP contribution is -2.58. The van der Waals surface area contributed by atoms with Crippen LogP contribution >= 0.6 is 11.6 Å². The summed E-state index contributed by atoms with van der Waals surface area (Å²) in [7, 11) is 3.33. The van der Waals surface area contributed by atoms with Gasteiger partial charge in [-0.15, -0.1) is 0 Å².